The van der Waals surface area contributed by atoms with E-state index in [-0.39, 0.29) is 11.1 Å². The third kappa shape index (κ3) is 7.19. The summed E-state index contributed by atoms with van der Waals surface area (Å²) in [5.74, 6) is 0. The van der Waals surface area contributed by atoms with Gasteiger partial charge in [-0.3, -0.25) is 0 Å². The van der Waals surface area contributed by atoms with Gasteiger partial charge in [-0.1, -0.05) is 93.7 Å². The Balaban J connectivity index is 2.20. The maximum Gasteiger partial charge on any atom is 0.416 e. The van der Waals surface area contributed by atoms with Crippen molar-refractivity contribution in [1.82, 2.24) is 0 Å². The first-order valence-corrected chi connectivity index (χ1v) is 17.3. The van der Waals surface area contributed by atoms with Crippen molar-refractivity contribution >= 4 is 21.6 Å². The van der Waals surface area contributed by atoms with Crippen LogP contribution in [0.2, 0.25) is 37.3 Å². The van der Waals surface area contributed by atoms with Crippen molar-refractivity contribution < 1.29 is 17.6 Å². The zero-order valence-electron chi connectivity index (χ0n) is 20.4. The Morgan fingerprint density at radius 2 is 1.41 bits per heavy atom. The number of allylic oxidation sites excluding steroid dienone is 1. The zero-order valence-corrected chi connectivity index (χ0v) is 22.4. The maximum absolute atomic E-state index is 13.0. The molecule has 0 amide bonds. The van der Waals surface area contributed by atoms with E-state index in [0.717, 1.165) is 23.7 Å². The maximum atomic E-state index is 13.0. The van der Waals surface area contributed by atoms with Crippen molar-refractivity contribution in [2.24, 2.45) is 0 Å². The molecule has 0 aliphatic heterocycles. The van der Waals surface area contributed by atoms with Gasteiger partial charge in [-0.15, -0.1) is 0 Å². The minimum absolute atomic E-state index is 0.0170. The van der Waals surface area contributed by atoms with Gasteiger partial charge in [-0.2, -0.15) is 13.2 Å². The molecule has 0 heterocycles. The topological polar surface area (TPSA) is 9.23 Å². The van der Waals surface area contributed by atoms with Crippen molar-refractivity contribution in [3.8, 4) is 0 Å². The fourth-order valence-corrected chi connectivity index (χ4v) is 6.66. The predicted molar refractivity (Wildman–Crippen MR) is 135 cm³/mol. The van der Waals surface area contributed by atoms with Gasteiger partial charge in [0.05, 0.1) is 19.7 Å². The molecule has 32 heavy (non-hydrogen) atoms. The standard InChI is InChI=1S/C26H37F3OSi2/c1-25(2,3)32(6,7)30-24(21-16-18-22(19-17-21)26(27,28)29)15-11-12-20-31(4,5)23-13-9-8-10-14-23/h8-14,16-19,24H,15,20H2,1-7H3/b12-11+. The summed E-state index contributed by atoms with van der Waals surface area (Å²) in [5.41, 5.74) is 0.172. The highest BCUT2D eigenvalue weighted by Gasteiger charge is 2.39. The van der Waals surface area contributed by atoms with E-state index in [2.05, 4.69) is 83.4 Å². The van der Waals surface area contributed by atoms with Gasteiger partial charge in [0.2, 0.25) is 0 Å². The molecule has 0 aliphatic rings. The number of halogens is 3. The molecule has 2 aromatic carbocycles. The third-order valence-electron chi connectivity index (χ3n) is 6.55. The highest BCUT2D eigenvalue weighted by molar-refractivity contribution is 6.90. The summed E-state index contributed by atoms with van der Waals surface area (Å²) < 4.78 is 45.7. The molecule has 2 rings (SSSR count). The van der Waals surface area contributed by atoms with Crippen LogP contribution >= 0.6 is 0 Å². The lowest BCUT2D eigenvalue weighted by Crippen LogP contribution is -2.41. The highest BCUT2D eigenvalue weighted by Crippen LogP contribution is 2.41. The Kier molecular flexibility index (Phi) is 8.40. The molecule has 1 unspecified atom stereocenters. The minimum atomic E-state index is -4.33. The molecule has 0 aliphatic carbocycles. The molecule has 0 saturated heterocycles. The molecule has 1 nitrogen and oxygen atoms in total. The molecule has 6 heteroatoms. The molecule has 0 aromatic heterocycles. The molecule has 1 atom stereocenters. The summed E-state index contributed by atoms with van der Waals surface area (Å²) in [6, 6.07) is 17.1. The van der Waals surface area contributed by atoms with Crippen molar-refractivity contribution in [3.05, 3.63) is 77.9 Å². The molecule has 0 saturated carbocycles. The number of benzene rings is 2. The highest BCUT2D eigenvalue weighted by atomic mass is 28.4. The molecule has 0 radical (unpaired) electrons. The monoisotopic (exact) mass is 478 g/mol. The SMILES string of the molecule is CC(C)(C)[Si](C)(C)OC(C/C=C/C[Si](C)(C)c1ccccc1)c1ccc(C(F)(F)F)cc1. The van der Waals surface area contributed by atoms with E-state index in [1.807, 2.05) is 6.07 Å². The Morgan fingerprint density at radius 3 is 1.91 bits per heavy atom. The first kappa shape index (κ1) is 26.6. The third-order valence-corrected chi connectivity index (χ3v) is 14.2. The van der Waals surface area contributed by atoms with Crippen molar-refractivity contribution in [3.63, 3.8) is 0 Å². The van der Waals surface area contributed by atoms with E-state index < -0.39 is 28.1 Å². The molecule has 176 valence electrons. The summed E-state index contributed by atoms with van der Waals surface area (Å²) in [5, 5.41) is 1.43. The Labute approximate surface area is 193 Å². The summed E-state index contributed by atoms with van der Waals surface area (Å²) in [6.45, 7) is 15.6. The second kappa shape index (κ2) is 10.1. The second-order valence-electron chi connectivity index (χ2n) is 10.6. The van der Waals surface area contributed by atoms with Crippen LogP contribution in [0.5, 0.6) is 0 Å². The van der Waals surface area contributed by atoms with Crippen LogP contribution in [-0.2, 0) is 10.6 Å². The van der Waals surface area contributed by atoms with Crippen LogP contribution in [0.4, 0.5) is 13.2 Å². The predicted octanol–water partition coefficient (Wildman–Crippen LogP) is 8.33. The number of hydrogen-bond acceptors (Lipinski definition) is 1. The number of alkyl halides is 3. The van der Waals surface area contributed by atoms with Crippen LogP contribution in [0.3, 0.4) is 0 Å². The second-order valence-corrected chi connectivity index (χ2v) is 20.2. The van der Waals surface area contributed by atoms with Gasteiger partial charge in [0.25, 0.3) is 0 Å². The van der Waals surface area contributed by atoms with E-state index in [0.29, 0.717) is 6.42 Å². The quantitative estimate of drug-likeness (QED) is 0.274. The average Bonchev–Trinajstić information content (AvgIpc) is 2.69. The molecule has 0 spiro atoms. The van der Waals surface area contributed by atoms with E-state index in [4.69, 9.17) is 4.43 Å². The summed E-state index contributed by atoms with van der Waals surface area (Å²) >= 11 is 0. The lowest BCUT2D eigenvalue weighted by Gasteiger charge is -2.39. The average molecular weight is 479 g/mol. The van der Waals surface area contributed by atoms with Crippen LogP contribution in [0.1, 0.15) is 44.4 Å². The molecular formula is C26H37F3OSi2. The molecule has 0 bridgehead atoms. The van der Waals surface area contributed by atoms with Gasteiger partial charge in [0.1, 0.15) is 0 Å². The van der Waals surface area contributed by atoms with E-state index in [1.54, 1.807) is 12.1 Å². The molecule has 0 fully saturated rings. The Bertz CT molecular complexity index is 880. The van der Waals surface area contributed by atoms with E-state index in [9.17, 15) is 13.2 Å². The first-order chi connectivity index (χ1) is 14.6. The molecule has 2 aromatic rings. The minimum Gasteiger partial charge on any atom is -0.410 e. The van der Waals surface area contributed by atoms with Gasteiger partial charge in [-0.25, -0.2) is 0 Å². The molecular weight excluding hydrogens is 441 g/mol. The van der Waals surface area contributed by atoms with Crippen molar-refractivity contribution in [2.45, 2.75) is 76.7 Å². The van der Waals surface area contributed by atoms with Crippen molar-refractivity contribution in [2.75, 3.05) is 0 Å². The van der Waals surface area contributed by atoms with Crippen molar-refractivity contribution in [1.29, 1.82) is 0 Å². The summed E-state index contributed by atoms with van der Waals surface area (Å²) in [4.78, 5) is 0. The molecule has 0 N–H and O–H groups in total. The van der Waals surface area contributed by atoms with Crippen LogP contribution in [0, 0.1) is 0 Å². The van der Waals surface area contributed by atoms with Gasteiger partial charge in [0, 0.05) is 0 Å². The zero-order chi connectivity index (χ0) is 24.2. The Morgan fingerprint density at radius 1 is 0.844 bits per heavy atom. The normalized spacial score (nSPS) is 14.7. The van der Waals surface area contributed by atoms with Gasteiger partial charge in [0.15, 0.2) is 8.32 Å². The van der Waals surface area contributed by atoms with Crippen LogP contribution < -0.4 is 5.19 Å². The number of hydrogen-bond donors (Lipinski definition) is 0. The lowest BCUT2D eigenvalue weighted by atomic mass is 10.0. The van der Waals surface area contributed by atoms with Crippen LogP contribution in [0.25, 0.3) is 0 Å². The fourth-order valence-electron chi connectivity index (χ4n) is 3.28. The lowest BCUT2D eigenvalue weighted by molar-refractivity contribution is -0.137. The van der Waals surface area contributed by atoms with Crippen LogP contribution in [-0.4, -0.2) is 16.4 Å². The van der Waals surface area contributed by atoms with Crippen LogP contribution in [0.15, 0.2) is 66.7 Å². The van der Waals surface area contributed by atoms with E-state index >= 15 is 0 Å². The number of rotatable bonds is 8. The largest absolute Gasteiger partial charge is 0.416 e. The Hall–Kier alpha value is -1.64. The van der Waals surface area contributed by atoms with Gasteiger partial charge < -0.3 is 4.43 Å². The van der Waals surface area contributed by atoms with E-state index in [1.165, 1.54) is 5.19 Å². The fraction of sp³-hybridized carbons (Fsp3) is 0.462. The summed E-state index contributed by atoms with van der Waals surface area (Å²) in [6.07, 6.45) is 0.438. The van der Waals surface area contributed by atoms with Gasteiger partial charge in [-0.05, 0) is 48.3 Å². The van der Waals surface area contributed by atoms with Gasteiger partial charge >= 0.3 is 6.18 Å². The first-order valence-electron chi connectivity index (χ1n) is 11.2. The smallest absolute Gasteiger partial charge is 0.410 e. The summed E-state index contributed by atoms with van der Waals surface area (Å²) in [7, 11) is -3.68.